The summed E-state index contributed by atoms with van der Waals surface area (Å²) in [6.45, 7) is 14.4. The number of unbranched alkanes of at least 4 members (excludes halogenated alkanes) is 1. The van der Waals surface area contributed by atoms with Crippen molar-refractivity contribution >= 4 is 24.0 Å². The first-order valence-corrected chi connectivity index (χ1v) is 12.0. The second kappa shape index (κ2) is 15.8. The average Bonchev–Trinajstić information content (AvgIpc) is 3.28. The largest absolute Gasteiger partial charge is 0.213 e. The van der Waals surface area contributed by atoms with Crippen molar-refractivity contribution in [2.45, 2.75) is 40.0 Å². The van der Waals surface area contributed by atoms with Crippen molar-refractivity contribution < 1.29 is 25.8 Å². The van der Waals surface area contributed by atoms with Crippen LogP contribution in [-0.2, 0) is 32.3 Å². The Morgan fingerprint density at radius 1 is 1.14 bits per heavy atom. The average molecular weight is 557 g/mol. The van der Waals surface area contributed by atoms with E-state index in [1.165, 1.54) is 46.5 Å². The number of fused-ring (bicyclic) bond motifs is 1. The van der Waals surface area contributed by atoms with Crippen LogP contribution in [-0.4, -0.2) is 13.3 Å². The molecular weight excluding hydrogens is 522 g/mol. The van der Waals surface area contributed by atoms with Gasteiger partial charge in [0.25, 0.3) is 0 Å². The van der Waals surface area contributed by atoms with Gasteiger partial charge >= 0.3 is 0 Å². The van der Waals surface area contributed by atoms with Crippen LogP contribution in [0.15, 0.2) is 79.4 Å². The molecule has 0 N–H and O–H groups in total. The van der Waals surface area contributed by atoms with E-state index < -0.39 is 0 Å². The first kappa shape index (κ1) is 27.0. The zero-order chi connectivity index (χ0) is 20.1. The molecule has 0 fully saturated rings. The Kier molecular flexibility index (Phi) is 15.2. The zero-order valence-electron chi connectivity index (χ0n) is 18.2. The molecule has 0 atom stereocenters. The second-order valence-electron chi connectivity index (χ2n) is 6.84. The van der Waals surface area contributed by atoms with Gasteiger partial charge in [0.15, 0.2) is 0 Å². The third kappa shape index (κ3) is 9.94. The third-order valence-corrected chi connectivity index (χ3v) is 5.69. The molecule has 28 heavy (non-hydrogen) atoms. The molecule has 0 saturated heterocycles. The number of aryl methyl sites for hydroxylation is 2. The molecule has 150 valence electrons. The summed E-state index contributed by atoms with van der Waals surface area (Å²) in [7, 11) is 0.0576. The van der Waals surface area contributed by atoms with Gasteiger partial charge < -0.3 is 0 Å². The molecule has 3 aromatic carbocycles. The van der Waals surface area contributed by atoms with Gasteiger partial charge in [-0.2, -0.15) is 23.3 Å². The summed E-state index contributed by atoms with van der Waals surface area (Å²) in [4.78, 5) is 0. The molecule has 3 aromatic rings. The van der Waals surface area contributed by atoms with Gasteiger partial charge in [-0.15, -0.1) is 48.3 Å². The number of benzene rings is 1. The maximum Gasteiger partial charge on any atom is 0 e. The van der Waals surface area contributed by atoms with Crippen molar-refractivity contribution in [1.29, 1.82) is 0 Å². The van der Waals surface area contributed by atoms with Crippen LogP contribution in [0, 0.1) is 6.92 Å². The summed E-state index contributed by atoms with van der Waals surface area (Å²) in [6.07, 6.45) is 9.46. The molecule has 2 heteroatoms. The van der Waals surface area contributed by atoms with Gasteiger partial charge in [0, 0.05) is 25.8 Å². The van der Waals surface area contributed by atoms with E-state index in [4.69, 9.17) is 0 Å². The summed E-state index contributed by atoms with van der Waals surface area (Å²) in [5, 5.41) is 4.26. The van der Waals surface area contributed by atoms with Crippen LogP contribution in [0.3, 0.4) is 0 Å². The zero-order valence-corrected chi connectivity index (χ0v) is 22.7. The molecule has 3 rings (SSSR count). The van der Waals surface area contributed by atoms with Gasteiger partial charge in [0.2, 0.25) is 0 Å². The molecule has 0 aliphatic rings. The van der Waals surface area contributed by atoms with Crippen LogP contribution < -0.4 is 5.30 Å². The van der Waals surface area contributed by atoms with E-state index in [-0.39, 0.29) is 33.8 Å². The molecule has 0 radical (unpaired) electrons. The third-order valence-electron chi connectivity index (χ3n) is 4.40. The van der Waals surface area contributed by atoms with E-state index in [1.54, 1.807) is 6.08 Å². The normalized spacial score (nSPS) is 10.1. The fourth-order valence-electron chi connectivity index (χ4n) is 2.72. The molecule has 0 unspecified atom stereocenters. The predicted molar refractivity (Wildman–Crippen MR) is 128 cm³/mol. The van der Waals surface area contributed by atoms with Gasteiger partial charge in [0.05, 0.1) is 0 Å². The maximum atomic E-state index is 3.46. The van der Waals surface area contributed by atoms with Crippen LogP contribution in [0.4, 0.5) is 0 Å². The van der Waals surface area contributed by atoms with Crippen molar-refractivity contribution in [2.75, 3.05) is 13.3 Å². The summed E-state index contributed by atoms with van der Waals surface area (Å²) in [5.74, 6) is 0. The van der Waals surface area contributed by atoms with Crippen molar-refractivity contribution in [1.82, 2.24) is 0 Å². The van der Waals surface area contributed by atoms with E-state index in [0.717, 1.165) is 0 Å². The van der Waals surface area contributed by atoms with Gasteiger partial charge in [-0.1, -0.05) is 64.0 Å². The second-order valence-corrected chi connectivity index (χ2v) is 9.14. The molecule has 0 aliphatic heterocycles. The van der Waals surface area contributed by atoms with Gasteiger partial charge in [-0.25, -0.2) is 12.1 Å². The van der Waals surface area contributed by atoms with Crippen molar-refractivity contribution in [2.24, 2.45) is 0 Å². The Bertz CT molecular complexity index is 772. The maximum absolute atomic E-state index is 3.46. The summed E-state index contributed by atoms with van der Waals surface area (Å²) in [5.41, 5.74) is 2.98. The van der Waals surface area contributed by atoms with Crippen LogP contribution in [0.2, 0.25) is 0 Å². The fraction of sp³-hybridized carbons (Fsp3) is 0.308. The molecule has 0 heterocycles. The Hall–Kier alpha value is -1.04. The van der Waals surface area contributed by atoms with Crippen LogP contribution in [0.25, 0.3) is 10.8 Å². The first-order chi connectivity index (χ1) is 13.0. The monoisotopic (exact) mass is 558 g/mol. The van der Waals surface area contributed by atoms with Crippen LogP contribution in [0.5, 0.6) is 0 Å². The molecule has 0 amide bonds. The number of hydrogen-bond donors (Lipinski definition) is 0. The Balaban J connectivity index is 0.000000416. The number of allylic oxidation sites excluding steroid dienone is 3. The molecule has 0 nitrogen and oxygen atoms in total. The quantitative estimate of drug-likeness (QED) is 0.131. The van der Waals surface area contributed by atoms with Crippen molar-refractivity contribution in [3.8, 4) is 0 Å². The van der Waals surface area contributed by atoms with Gasteiger partial charge in [-0.3, -0.25) is 0 Å². The SMILES string of the molecule is C=CC=CC.CCCC[c-]1cccc1C.CP(C)c1cc2ccccc2[cH-]1.[Hf]. The molecule has 0 aromatic heterocycles. The predicted octanol–water partition coefficient (Wildman–Crippen LogP) is 7.73. The van der Waals surface area contributed by atoms with E-state index in [2.05, 4.69) is 88.4 Å². The van der Waals surface area contributed by atoms with E-state index >= 15 is 0 Å². The fourth-order valence-corrected chi connectivity index (χ4v) is 3.52. The number of rotatable bonds is 5. The first-order valence-electron chi connectivity index (χ1n) is 9.81. The molecule has 0 bridgehead atoms. The molecule has 0 saturated carbocycles. The van der Waals surface area contributed by atoms with E-state index in [9.17, 15) is 0 Å². The van der Waals surface area contributed by atoms with Gasteiger partial charge in [0.1, 0.15) is 0 Å². The molecule has 0 spiro atoms. The summed E-state index contributed by atoms with van der Waals surface area (Å²) in [6, 6.07) is 19.7. The Labute approximate surface area is 193 Å². The van der Waals surface area contributed by atoms with Crippen molar-refractivity contribution in [3.63, 3.8) is 0 Å². The standard InChI is InChI=1S/C11H12P.C10H15.C5H8.Hf/c1-12(2)11-7-9-5-3-4-6-10(9)8-11;1-3-4-7-10-8-5-6-9(10)2;1-3-5-4-2;/h3-8H,1-2H3;5-6,8H,3-4,7H2,1-2H3;3-5H,1H2,2H3;/q2*-1;;. The van der Waals surface area contributed by atoms with E-state index in [1.807, 2.05) is 19.1 Å². The van der Waals surface area contributed by atoms with E-state index in [0.29, 0.717) is 0 Å². The molecule has 0 aliphatic carbocycles. The summed E-state index contributed by atoms with van der Waals surface area (Å²) >= 11 is 0. The summed E-state index contributed by atoms with van der Waals surface area (Å²) < 4.78 is 0. The number of hydrogen-bond acceptors (Lipinski definition) is 0. The Morgan fingerprint density at radius 3 is 2.32 bits per heavy atom. The minimum absolute atomic E-state index is 0. The smallest absolute Gasteiger partial charge is 0 e. The van der Waals surface area contributed by atoms with Crippen LogP contribution >= 0.6 is 7.92 Å². The minimum Gasteiger partial charge on any atom is -0.213 e. The minimum atomic E-state index is 0. The van der Waals surface area contributed by atoms with Crippen molar-refractivity contribution in [3.05, 3.63) is 90.5 Å². The van der Waals surface area contributed by atoms with Crippen LogP contribution in [0.1, 0.15) is 37.8 Å². The van der Waals surface area contributed by atoms with Gasteiger partial charge in [-0.05, 0) is 20.3 Å². The topological polar surface area (TPSA) is 0 Å². The molecular formula is C26H35HfP-2. The Morgan fingerprint density at radius 2 is 1.86 bits per heavy atom.